The van der Waals surface area contributed by atoms with E-state index < -0.39 is 0 Å². The Bertz CT molecular complexity index is 973. The average Bonchev–Trinajstić information content (AvgIpc) is 2.69. The van der Waals surface area contributed by atoms with Crippen LogP contribution in [0.3, 0.4) is 0 Å². The van der Waals surface area contributed by atoms with E-state index in [2.05, 4.69) is 47.4 Å². The molecule has 0 unspecified atom stereocenters. The van der Waals surface area contributed by atoms with E-state index >= 15 is 0 Å². The lowest BCUT2D eigenvalue weighted by atomic mass is 10.2. The maximum Gasteiger partial charge on any atom is 0.272 e. The van der Waals surface area contributed by atoms with E-state index in [4.69, 9.17) is 16.3 Å². The molecule has 1 N–H and O–H groups in total. The smallest absolute Gasteiger partial charge is 0.272 e. The Morgan fingerprint density at radius 3 is 2.54 bits per heavy atom. The molecule has 1 aromatic heterocycles. The number of amides is 1. The molecule has 0 aliphatic heterocycles. The number of benzene rings is 2. The van der Waals surface area contributed by atoms with E-state index in [-0.39, 0.29) is 5.91 Å². The fourth-order valence-corrected chi connectivity index (χ4v) is 3.83. The van der Waals surface area contributed by atoms with Gasteiger partial charge < -0.3 is 4.74 Å². The molecule has 0 aliphatic carbocycles. The first-order chi connectivity index (χ1) is 13.5. The van der Waals surface area contributed by atoms with Crippen molar-refractivity contribution in [1.82, 2.24) is 10.4 Å². The van der Waals surface area contributed by atoms with Crippen molar-refractivity contribution < 1.29 is 9.53 Å². The maximum atomic E-state index is 12.0. The van der Waals surface area contributed by atoms with Crippen LogP contribution in [0.2, 0.25) is 5.02 Å². The van der Waals surface area contributed by atoms with Crippen LogP contribution >= 0.6 is 43.5 Å². The van der Waals surface area contributed by atoms with Crippen LogP contribution in [0.15, 0.2) is 75.0 Å². The summed E-state index contributed by atoms with van der Waals surface area (Å²) in [6.45, 7) is 0.406. The highest BCUT2D eigenvalue weighted by Gasteiger charge is 2.09. The van der Waals surface area contributed by atoms with Gasteiger partial charge >= 0.3 is 0 Å². The number of ether oxygens (including phenoxy) is 1. The number of carbonyl (C=O) groups is 1. The average molecular weight is 524 g/mol. The van der Waals surface area contributed by atoms with E-state index in [1.165, 1.54) is 6.20 Å². The Kier molecular flexibility index (Phi) is 7.19. The number of hydrogen-bond donors (Lipinski definition) is 1. The van der Waals surface area contributed by atoms with Gasteiger partial charge in [0.15, 0.2) is 0 Å². The summed E-state index contributed by atoms with van der Waals surface area (Å²) in [4.78, 5) is 15.9. The fourth-order valence-electron chi connectivity index (χ4n) is 2.26. The summed E-state index contributed by atoms with van der Waals surface area (Å²) >= 11 is 12.9. The predicted molar refractivity (Wildman–Crippen MR) is 117 cm³/mol. The Morgan fingerprint density at radius 1 is 1.18 bits per heavy atom. The second kappa shape index (κ2) is 9.82. The van der Waals surface area contributed by atoms with Crippen molar-refractivity contribution in [3.8, 4) is 5.75 Å². The molecule has 5 nitrogen and oxygen atoms in total. The van der Waals surface area contributed by atoms with Gasteiger partial charge in [-0.15, -0.1) is 0 Å². The first-order valence-electron chi connectivity index (χ1n) is 8.12. The summed E-state index contributed by atoms with van der Waals surface area (Å²) in [6, 6.07) is 14.5. The number of carbonyl (C=O) groups excluding carboxylic acids is 1. The van der Waals surface area contributed by atoms with Crippen molar-refractivity contribution in [1.29, 1.82) is 0 Å². The number of hydrazone groups is 1. The van der Waals surface area contributed by atoms with Crippen LogP contribution in [-0.4, -0.2) is 17.1 Å². The Balaban J connectivity index is 1.64. The molecule has 1 amide bonds. The zero-order valence-electron chi connectivity index (χ0n) is 14.4. The highest BCUT2D eigenvalue weighted by molar-refractivity contribution is 9.11. The van der Waals surface area contributed by atoms with Crippen LogP contribution in [0.4, 0.5) is 0 Å². The lowest BCUT2D eigenvalue weighted by molar-refractivity contribution is 0.0955. The molecule has 3 rings (SSSR count). The van der Waals surface area contributed by atoms with E-state index in [0.29, 0.717) is 22.9 Å². The molecule has 142 valence electrons. The number of halogens is 3. The number of aromatic nitrogens is 1. The standard InChI is InChI=1S/C20H14Br2ClN3O2/c21-17-8-14(10-25-26-20(27)15-2-1-7-24-11-15)9-18(22)19(17)28-12-13-3-5-16(23)6-4-13/h1-11H,12H2,(H,26,27)/b25-10+. The van der Waals surface area contributed by atoms with Gasteiger partial charge in [0.25, 0.3) is 5.91 Å². The molecule has 2 aromatic carbocycles. The molecule has 1 heterocycles. The van der Waals surface area contributed by atoms with Gasteiger partial charge in [-0.25, -0.2) is 5.43 Å². The van der Waals surface area contributed by atoms with Crippen molar-refractivity contribution >= 4 is 55.6 Å². The zero-order valence-corrected chi connectivity index (χ0v) is 18.3. The Labute approximate surface area is 184 Å². The largest absolute Gasteiger partial charge is 0.487 e. The molecule has 0 aliphatic rings. The molecule has 28 heavy (non-hydrogen) atoms. The normalized spacial score (nSPS) is 10.8. The summed E-state index contributed by atoms with van der Waals surface area (Å²) < 4.78 is 7.41. The van der Waals surface area contributed by atoms with Crippen LogP contribution in [0.5, 0.6) is 5.75 Å². The van der Waals surface area contributed by atoms with E-state index in [1.807, 2.05) is 36.4 Å². The molecule has 0 radical (unpaired) electrons. The van der Waals surface area contributed by atoms with Gasteiger partial charge in [0, 0.05) is 17.4 Å². The van der Waals surface area contributed by atoms with Gasteiger partial charge in [0.05, 0.1) is 20.7 Å². The molecular formula is C20H14Br2ClN3O2. The highest BCUT2D eigenvalue weighted by Crippen LogP contribution is 2.35. The molecule has 0 fully saturated rings. The molecular weight excluding hydrogens is 510 g/mol. The molecule has 8 heteroatoms. The van der Waals surface area contributed by atoms with E-state index in [1.54, 1.807) is 24.5 Å². The third-order valence-electron chi connectivity index (χ3n) is 3.62. The number of nitrogens with one attached hydrogen (secondary N) is 1. The fraction of sp³-hybridized carbons (Fsp3) is 0.0500. The topological polar surface area (TPSA) is 63.6 Å². The van der Waals surface area contributed by atoms with Crippen molar-refractivity contribution in [2.45, 2.75) is 6.61 Å². The first-order valence-corrected chi connectivity index (χ1v) is 10.1. The minimum Gasteiger partial charge on any atom is -0.487 e. The van der Waals surface area contributed by atoms with E-state index in [0.717, 1.165) is 20.1 Å². The van der Waals surface area contributed by atoms with Gasteiger partial charge in [-0.2, -0.15) is 5.10 Å². The Morgan fingerprint density at radius 2 is 1.89 bits per heavy atom. The second-order valence-corrected chi connectivity index (χ2v) is 7.81. The van der Waals surface area contributed by atoms with E-state index in [9.17, 15) is 4.79 Å². The minimum atomic E-state index is -0.328. The maximum absolute atomic E-state index is 12.0. The second-order valence-electron chi connectivity index (χ2n) is 5.67. The SMILES string of the molecule is O=C(N/N=C/c1cc(Br)c(OCc2ccc(Cl)cc2)c(Br)c1)c1cccnc1. The molecule has 0 bridgehead atoms. The first kappa shape index (κ1) is 20.5. The zero-order chi connectivity index (χ0) is 19.9. The van der Waals surface area contributed by atoms with Crippen molar-refractivity contribution in [2.75, 3.05) is 0 Å². The predicted octanol–water partition coefficient (Wildman–Crippen LogP) is 5.60. The summed E-state index contributed by atoms with van der Waals surface area (Å²) in [5, 5.41) is 4.67. The van der Waals surface area contributed by atoms with Crippen molar-refractivity contribution in [3.05, 3.63) is 91.6 Å². The monoisotopic (exact) mass is 521 g/mol. The number of rotatable bonds is 6. The molecule has 0 atom stereocenters. The van der Waals surface area contributed by atoms with Gasteiger partial charge in [0.2, 0.25) is 0 Å². The van der Waals surface area contributed by atoms with Gasteiger partial charge in [-0.3, -0.25) is 9.78 Å². The molecule has 0 spiro atoms. The van der Waals surface area contributed by atoms with Gasteiger partial charge in [0.1, 0.15) is 12.4 Å². The van der Waals surface area contributed by atoms with Crippen LogP contribution < -0.4 is 10.2 Å². The van der Waals surface area contributed by atoms with Crippen molar-refractivity contribution in [2.24, 2.45) is 5.10 Å². The van der Waals surface area contributed by atoms with Crippen LogP contribution in [0, 0.1) is 0 Å². The quantitative estimate of drug-likeness (QED) is 0.338. The Hall–Kier alpha value is -2.22. The summed E-state index contributed by atoms with van der Waals surface area (Å²) in [7, 11) is 0. The highest BCUT2D eigenvalue weighted by atomic mass is 79.9. The van der Waals surface area contributed by atoms with Crippen LogP contribution in [-0.2, 0) is 6.61 Å². The molecule has 0 saturated carbocycles. The van der Waals surface area contributed by atoms with Crippen LogP contribution in [0.1, 0.15) is 21.5 Å². The number of pyridine rings is 1. The molecule has 0 saturated heterocycles. The summed E-state index contributed by atoms with van der Waals surface area (Å²) in [5.74, 6) is 0.344. The third-order valence-corrected chi connectivity index (χ3v) is 5.05. The summed E-state index contributed by atoms with van der Waals surface area (Å²) in [5.41, 5.74) is 4.70. The number of hydrogen-bond acceptors (Lipinski definition) is 4. The van der Waals surface area contributed by atoms with Crippen LogP contribution in [0.25, 0.3) is 0 Å². The van der Waals surface area contributed by atoms with Gasteiger partial charge in [-0.05, 0) is 79.4 Å². The number of nitrogens with zero attached hydrogens (tertiary/aromatic N) is 2. The van der Waals surface area contributed by atoms with Gasteiger partial charge in [-0.1, -0.05) is 23.7 Å². The van der Waals surface area contributed by atoms with Crippen molar-refractivity contribution in [3.63, 3.8) is 0 Å². The third kappa shape index (κ3) is 5.64. The lowest BCUT2D eigenvalue weighted by Gasteiger charge is -2.11. The minimum absolute atomic E-state index is 0.328. The lowest BCUT2D eigenvalue weighted by Crippen LogP contribution is -2.17. The summed E-state index contributed by atoms with van der Waals surface area (Å²) in [6.07, 6.45) is 4.63. The molecule has 3 aromatic rings.